The topological polar surface area (TPSA) is 67.3 Å². The standard InChI is InChI=1S/C22H25N3O3/c1-15-7-8-18(13-16(15)2)28-14-21(26)24-11-9-17(10-12-24)25-20-6-4-3-5-19(20)23-22(25)27/h3-8,13,17H,9-12,14H2,1-2H3,(H,23,27). The van der Waals surface area contributed by atoms with Crippen molar-refractivity contribution in [2.75, 3.05) is 19.7 Å². The van der Waals surface area contributed by atoms with Crippen LogP contribution in [0.2, 0.25) is 0 Å². The number of hydrogen-bond donors (Lipinski definition) is 1. The van der Waals surface area contributed by atoms with Gasteiger partial charge >= 0.3 is 5.69 Å². The minimum absolute atomic E-state index is 0.0112. The van der Waals surface area contributed by atoms with Gasteiger partial charge in [0.15, 0.2) is 6.61 Å². The Hall–Kier alpha value is -3.02. The number of nitrogens with one attached hydrogen (secondary N) is 1. The molecule has 0 unspecified atom stereocenters. The molecule has 1 fully saturated rings. The maximum Gasteiger partial charge on any atom is 0.326 e. The number of H-pyrrole nitrogens is 1. The Morgan fingerprint density at radius 1 is 1.11 bits per heavy atom. The van der Waals surface area contributed by atoms with Crippen molar-refractivity contribution in [3.05, 3.63) is 64.1 Å². The second kappa shape index (κ2) is 7.54. The third kappa shape index (κ3) is 3.54. The van der Waals surface area contributed by atoms with E-state index in [0.717, 1.165) is 35.2 Å². The lowest BCUT2D eigenvalue weighted by atomic mass is 10.0. The summed E-state index contributed by atoms with van der Waals surface area (Å²) in [5.41, 5.74) is 4.05. The van der Waals surface area contributed by atoms with Crippen LogP contribution in [0.1, 0.15) is 30.0 Å². The molecule has 1 aromatic heterocycles. The zero-order chi connectivity index (χ0) is 19.7. The molecule has 0 aliphatic carbocycles. The van der Waals surface area contributed by atoms with Crippen molar-refractivity contribution >= 4 is 16.9 Å². The van der Waals surface area contributed by atoms with Crippen LogP contribution >= 0.6 is 0 Å². The predicted molar refractivity (Wildman–Crippen MR) is 109 cm³/mol. The number of ether oxygens (including phenoxy) is 1. The number of fused-ring (bicyclic) bond motifs is 1. The number of carbonyl (C=O) groups is 1. The number of likely N-dealkylation sites (tertiary alicyclic amines) is 1. The zero-order valence-corrected chi connectivity index (χ0v) is 16.3. The summed E-state index contributed by atoms with van der Waals surface area (Å²) in [4.78, 5) is 29.6. The fraction of sp³-hybridized carbons (Fsp3) is 0.364. The van der Waals surface area contributed by atoms with Crippen LogP contribution in [0, 0.1) is 13.8 Å². The summed E-state index contributed by atoms with van der Waals surface area (Å²) in [6.07, 6.45) is 1.52. The maximum absolute atomic E-state index is 12.5. The SMILES string of the molecule is Cc1ccc(OCC(=O)N2CCC(n3c(=O)[nH]c4ccccc43)CC2)cc1C. The minimum Gasteiger partial charge on any atom is -0.484 e. The molecule has 6 heteroatoms. The third-order valence-electron chi connectivity index (χ3n) is 5.65. The number of aromatic nitrogens is 2. The van der Waals surface area contributed by atoms with Gasteiger partial charge in [0.1, 0.15) is 5.75 Å². The van der Waals surface area contributed by atoms with Crippen LogP contribution in [0.15, 0.2) is 47.3 Å². The van der Waals surface area contributed by atoms with E-state index in [4.69, 9.17) is 4.74 Å². The monoisotopic (exact) mass is 379 g/mol. The van der Waals surface area contributed by atoms with Crippen LogP contribution in [0.25, 0.3) is 11.0 Å². The molecule has 1 amide bonds. The summed E-state index contributed by atoms with van der Waals surface area (Å²) in [7, 11) is 0. The lowest BCUT2D eigenvalue weighted by molar-refractivity contribution is -0.134. The Balaban J connectivity index is 1.37. The van der Waals surface area contributed by atoms with E-state index < -0.39 is 0 Å². The van der Waals surface area contributed by atoms with Crippen LogP contribution in [-0.2, 0) is 4.79 Å². The lowest BCUT2D eigenvalue weighted by Crippen LogP contribution is -2.42. The van der Waals surface area contributed by atoms with E-state index in [1.807, 2.05) is 65.8 Å². The molecule has 3 aromatic rings. The van der Waals surface area contributed by atoms with Crippen LogP contribution in [-0.4, -0.2) is 40.1 Å². The largest absolute Gasteiger partial charge is 0.484 e. The van der Waals surface area contributed by atoms with Gasteiger partial charge < -0.3 is 14.6 Å². The number of imidazole rings is 1. The molecule has 0 atom stereocenters. The fourth-order valence-corrected chi connectivity index (χ4v) is 3.85. The molecule has 0 spiro atoms. The van der Waals surface area contributed by atoms with Crippen LogP contribution in [0.3, 0.4) is 0 Å². The molecular weight excluding hydrogens is 354 g/mol. The van der Waals surface area contributed by atoms with E-state index >= 15 is 0 Å². The summed E-state index contributed by atoms with van der Waals surface area (Å²) < 4.78 is 7.52. The van der Waals surface area contributed by atoms with Crippen molar-refractivity contribution in [2.45, 2.75) is 32.7 Å². The molecule has 146 valence electrons. The first kappa shape index (κ1) is 18.3. The highest BCUT2D eigenvalue weighted by molar-refractivity contribution is 5.78. The Bertz CT molecular complexity index is 1060. The van der Waals surface area contributed by atoms with Crippen molar-refractivity contribution < 1.29 is 9.53 Å². The van der Waals surface area contributed by atoms with Gasteiger partial charge in [-0.3, -0.25) is 9.36 Å². The summed E-state index contributed by atoms with van der Waals surface area (Å²) >= 11 is 0. The molecule has 2 heterocycles. The van der Waals surface area contributed by atoms with E-state index in [9.17, 15) is 9.59 Å². The number of aryl methyl sites for hydroxylation is 2. The van der Waals surface area contributed by atoms with E-state index in [-0.39, 0.29) is 24.2 Å². The van der Waals surface area contributed by atoms with Crippen LogP contribution in [0.4, 0.5) is 0 Å². The first-order valence-electron chi connectivity index (χ1n) is 9.70. The Kier molecular flexibility index (Phi) is 4.94. The molecule has 6 nitrogen and oxygen atoms in total. The average molecular weight is 379 g/mol. The number of amides is 1. The quantitative estimate of drug-likeness (QED) is 0.757. The average Bonchev–Trinajstić information content (AvgIpc) is 3.04. The molecule has 28 heavy (non-hydrogen) atoms. The molecule has 4 rings (SSSR count). The van der Waals surface area contributed by atoms with Gasteiger partial charge in [-0.1, -0.05) is 18.2 Å². The van der Waals surface area contributed by atoms with E-state index in [1.165, 1.54) is 5.56 Å². The predicted octanol–water partition coefficient (Wildman–Crippen LogP) is 3.19. The van der Waals surface area contributed by atoms with Gasteiger partial charge in [-0.25, -0.2) is 4.79 Å². The summed E-state index contributed by atoms with van der Waals surface area (Å²) in [5.74, 6) is 0.708. The van der Waals surface area contributed by atoms with Crippen molar-refractivity contribution in [3.8, 4) is 5.75 Å². The Morgan fingerprint density at radius 2 is 1.86 bits per heavy atom. The second-order valence-electron chi connectivity index (χ2n) is 7.46. The van der Waals surface area contributed by atoms with Crippen LogP contribution < -0.4 is 10.4 Å². The second-order valence-corrected chi connectivity index (χ2v) is 7.46. The minimum atomic E-state index is -0.0796. The van der Waals surface area contributed by atoms with Gasteiger partial charge in [0.25, 0.3) is 5.91 Å². The molecule has 0 radical (unpaired) electrons. The third-order valence-corrected chi connectivity index (χ3v) is 5.65. The molecular formula is C22H25N3O3. The molecule has 2 aromatic carbocycles. The smallest absolute Gasteiger partial charge is 0.326 e. The van der Waals surface area contributed by atoms with Gasteiger partial charge in [0.05, 0.1) is 11.0 Å². The van der Waals surface area contributed by atoms with E-state index in [0.29, 0.717) is 13.1 Å². The number of carbonyl (C=O) groups excluding carboxylic acids is 1. The normalized spacial score (nSPS) is 15.1. The maximum atomic E-state index is 12.5. The molecule has 1 aliphatic rings. The molecule has 1 saturated heterocycles. The number of nitrogens with zero attached hydrogens (tertiary/aromatic N) is 2. The highest BCUT2D eigenvalue weighted by atomic mass is 16.5. The first-order chi connectivity index (χ1) is 13.5. The summed E-state index contributed by atoms with van der Waals surface area (Å²) in [5, 5.41) is 0. The highest BCUT2D eigenvalue weighted by Gasteiger charge is 2.26. The van der Waals surface area contributed by atoms with Gasteiger partial charge in [-0.15, -0.1) is 0 Å². The first-order valence-corrected chi connectivity index (χ1v) is 9.70. The Morgan fingerprint density at radius 3 is 2.61 bits per heavy atom. The molecule has 0 bridgehead atoms. The number of aromatic amines is 1. The summed E-state index contributed by atoms with van der Waals surface area (Å²) in [6, 6.07) is 13.7. The lowest BCUT2D eigenvalue weighted by Gasteiger charge is -2.32. The summed E-state index contributed by atoms with van der Waals surface area (Å²) in [6.45, 7) is 5.38. The zero-order valence-electron chi connectivity index (χ0n) is 16.3. The number of rotatable bonds is 4. The Labute approximate surface area is 163 Å². The highest BCUT2D eigenvalue weighted by Crippen LogP contribution is 2.25. The molecule has 0 saturated carbocycles. The van der Waals surface area contributed by atoms with Gasteiger partial charge in [0, 0.05) is 19.1 Å². The molecule has 1 aliphatic heterocycles. The van der Waals surface area contributed by atoms with Crippen molar-refractivity contribution in [3.63, 3.8) is 0 Å². The molecule has 1 N–H and O–H groups in total. The van der Waals surface area contributed by atoms with Gasteiger partial charge in [0.2, 0.25) is 0 Å². The van der Waals surface area contributed by atoms with Crippen molar-refractivity contribution in [1.29, 1.82) is 0 Å². The number of hydrogen-bond acceptors (Lipinski definition) is 3. The van der Waals surface area contributed by atoms with Crippen molar-refractivity contribution in [1.82, 2.24) is 14.5 Å². The van der Waals surface area contributed by atoms with Gasteiger partial charge in [-0.05, 0) is 62.1 Å². The van der Waals surface area contributed by atoms with Gasteiger partial charge in [-0.2, -0.15) is 0 Å². The number of para-hydroxylation sites is 2. The van der Waals surface area contributed by atoms with Crippen molar-refractivity contribution in [2.24, 2.45) is 0 Å². The fourth-order valence-electron chi connectivity index (χ4n) is 3.85. The van der Waals surface area contributed by atoms with E-state index in [2.05, 4.69) is 4.98 Å². The van der Waals surface area contributed by atoms with Crippen LogP contribution in [0.5, 0.6) is 5.75 Å². The van der Waals surface area contributed by atoms with E-state index in [1.54, 1.807) is 0 Å². The number of benzene rings is 2. The number of piperidine rings is 1.